The molecular weight excluding hydrogens is 248 g/mol. The zero-order valence-corrected chi connectivity index (χ0v) is 13.2. The van der Waals surface area contributed by atoms with Crippen LogP contribution < -0.4 is 10.2 Å². The summed E-state index contributed by atoms with van der Waals surface area (Å²) in [6.45, 7) is 6.73. The summed E-state index contributed by atoms with van der Waals surface area (Å²) in [6.07, 6.45) is 7.33. The second-order valence-electron chi connectivity index (χ2n) is 5.75. The first-order chi connectivity index (χ1) is 9.76. The number of aromatic nitrogens is 2. The number of nitrogens with zero attached hydrogens (tertiary/aromatic N) is 3. The van der Waals surface area contributed by atoms with Gasteiger partial charge >= 0.3 is 0 Å². The van der Waals surface area contributed by atoms with Crippen molar-refractivity contribution in [3.8, 4) is 0 Å². The third kappa shape index (κ3) is 3.84. The number of hydrogen-bond donors (Lipinski definition) is 1. The quantitative estimate of drug-likeness (QED) is 0.863. The highest BCUT2D eigenvalue weighted by atomic mass is 15.2. The van der Waals surface area contributed by atoms with Crippen LogP contribution in [0.2, 0.25) is 0 Å². The van der Waals surface area contributed by atoms with E-state index in [0.29, 0.717) is 0 Å². The van der Waals surface area contributed by atoms with Crippen LogP contribution in [0.3, 0.4) is 0 Å². The molecule has 1 fully saturated rings. The van der Waals surface area contributed by atoms with E-state index in [1.54, 1.807) is 0 Å². The Kier molecular flexibility index (Phi) is 5.62. The lowest BCUT2D eigenvalue weighted by molar-refractivity contribution is 0.377. The Morgan fingerprint density at radius 3 is 2.55 bits per heavy atom. The molecule has 4 heteroatoms. The molecule has 2 rings (SSSR count). The van der Waals surface area contributed by atoms with Gasteiger partial charge in [0.2, 0.25) is 0 Å². The maximum Gasteiger partial charge on any atom is 0.134 e. The summed E-state index contributed by atoms with van der Waals surface area (Å²) in [6, 6.07) is 2.08. The van der Waals surface area contributed by atoms with Crippen molar-refractivity contribution in [1.82, 2.24) is 9.97 Å². The third-order valence-electron chi connectivity index (χ3n) is 4.12. The van der Waals surface area contributed by atoms with Crippen LogP contribution in [0.4, 0.5) is 11.6 Å². The van der Waals surface area contributed by atoms with Crippen molar-refractivity contribution >= 4 is 11.6 Å². The molecular formula is C16H28N4. The average molecular weight is 276 g/mol. The minimum Gasteiger partial charge on any atom is -0.373 e. The average Bonchev–Trinajstić information content (AvgIpc) is 2.48. The van der Waals surface area contributed by atoms with Crippen molar-refractivity contribution in [2.45, 2.75) is 52.4 Å². The van der Waals surface area contributed by atoms with Crippen molar-refractivity contribution in [1.29, 1.82) is 0 Å². The van der Waals surface area contributed by atoms with Crippen molar-refractivity contribution < 1.29 is 0 Å². The van der Waals surface area contributed by atoms with Crippen LogP contribution in [0.5, 0.6) is 0 Å². The van der Waals surface area contributed by atoms with Crippen LogP contribution in [0.15, 0.2) is 6.07 Å². The Morgan fingerprint density at radius 2 is 1.95 bits per heavy atom. The normalized spacial score (nSPS) is 16.4. The van der Waals surface area contributed by atoms with Crippen molar-refractivity contribution in [2.24, 2.45) is 5.92 Å². The Hall–Kier alpha value is -1.32. The largest absolute Gasteiger partial charge is 0.373 e. The number of hydrogen-bond acceptors (Lipinski definition) is 4. The van der Waals surface area contributed by atoms with E-state index in [-0.39, 0.29) is 0 Å². The number of anilines is 2. The van der Waals surface area contributed by atoms with E-state index < -0.39 is 0 Å². The minimum atomic E-state index is 0.914. The molecule has 1 aliphatic heterocycles. The van der Waals surface area contributed by atoms with Crippen LogP contribution in [-0.4, -0.2) is 30.1 Å². The lowest BCUT2D eigenvalue weighted by Gasteiger charge is -2.33. The van der Waals surface area contributed by atoms with E-state index in [2.05, 4.69) is 35.1 Å². The first-order valence-electron chi connectivity index (χ1n) is 8.07. The molecule has 4 nitrogen and oxygen atoms in total. The van der Waals surface area contributed by atoms with Crippen LogP contribution in [-0.2, 0) is 6.42 Å². The summed E-state index contributed by atoms with van der Waals surface area (Å²) in [7, 11) is 1.93. The number of rotatable bonds is 6. The van der Waals surface area contributed by atoms with E-state index in [4.69, 9.17) is 4.98 Å². The van der Waals surface area contributed by atoms with Gasteiger partial charge in [0.05, 0.1) is 0 Å². The van der Waals surface area contributed by atoms with Gasteiger partial charge in [-0.3, -0.25) is 0 Å². The van der Waals surface area contributed by atoms with E-state index in [1.807, 2.05) is 7.05 Å². The summed E-state index contributed by atoms with van der Waals surface area (Å²) in [5.74, 6) is 3.92. The number of piperidine rings is 1. The van der Waals surface area contributed by atoms with Crippen LogP contribution >= 0.6 is 0 Å². The lowest BCUT2D eigenvalue weighted by Crippen LogP contribution is -2.34. The second kappa shape index (κ2) is 7.46. The summed E-state index contributed by atoms with van der Waals surface area (Å²) in [5, 5.41) is 3.16. The molecule has 0 aliphatic carbocycles. The predicted octanol–water partition coefficient (Wildman–Crippen LogP) is 3.49. The predicted molar refractivity (Wildman–Crippen MR) is 85.4 cm³/mol. The first kappa shape index (κ1) is 15.1. The summed E-state index contributed by atoms with van der Waals surface area (Å²) < 4.78 is 0. The molecule has 1 saturated heterocycles. The Balaban J connectivity index is 2.06. The number of nitrogens with one attached hydrogen (secondary N) is 1. The standard InChI is InChI=1S/C16H28N4/c1-4-6-13-8-10-20(11-9-13)16-12-15(17-3)18-14(19-16)7-5-2/h12-13H,4-11H2,1-3H3,(H,17,18,19). The van der Waals surface area contributed by atoms with Crippen LogP contribution in [0.1, 0.15) is 51.8 Å². The van der Waals surface area contributed by atoms with E-state index in [0.717, 1.165) is 49.3 Å². The topological polar surface area (TPSA) is 41.1 Å². The molecule has 2 heterocycles. The molecule has 0 radical (unpaired) electrons. The Labute approximate surface area is 123 Å². The molecule has 0 spiro atoms. The molecule has 1 aromatic rings. The van der Waals surface area contributed by atoms with Crippen molar-refractivity contribution in [3.05, 3.63) is 11.9 Å². The first-order valence-corrected chi connectivity index (χ1v) is 8.07. The minimum absolute atomic E-state index is 0.914. The monoisotopic (exact) mass is 276 g/mol. The van der Waals surface area contributed by atoms with Gasteiger partial charge in [0, 0.05) is 32.6 Å². The van der Waals surface area contributed by atoms with Gasteiger partial charge in [-0.05, 0) is 25.2 Å². The van der Waals surface area contributed by atoms with E-state index in [1.165, 1.54) is 25.7 Å². The molecule has 0 saturated carbocycles. The lowest BCUT2D eigenvalue weighted by atomic mass is 9.92. The van der Waals surface area contributed by atoms with Gasteiger partial charge in [-0.25, -0.2) is 9.97 Å². The zero-order valence-electron chi connectivity index (χ0n) is 13.2. The molecule has 20 heavy (non-hydrogen) atoms. The molecule has 1 aliphatic rings. The maximum atomic E-state index is 4.74. The fraction of sp³-hybridized carbons (Fsp3) is 0.750. The summed E-state index contributed by atoms with van der Waals surface area (Å²) >= 11 is 0. The summed E-state index contributed by atoms with van der Waals surface area (Å²) in [5.41, 5.74) is 0. The molecule has 0 atom stereocenters. The van der Waals surface area contributed by atoms with Gasteiger partial charge in [0.1, 0.15) is 17.5 Å². The van der Waals surface area contributed by atoms with Gasteiger partial charge in [-0.1, -0.05) is 26.7 Å². The fourth-order valence-corrected chi connectivity index (χ4v) is 2.97. The SMILES string of the molecule is CCCc1nc(NC)cc(N2CCC(CCC)CC2)n1. The zero-order chi connectivity index (χ0) is 14.4. The molecule has 0 unspecified atom stereocenters. The molecule has 0 aromatic carbocycles. The van der Waals surface area contributed by atoms with Crippen LogP contribution in [0.25, 0.3) is 0 Å². The van der Waals surface area contributed by atoms with Gasteiger partial charge in [0.25, 0.3) is 0 Å². The van der Waals surface area contributed by atoms with E-state index >= 15 is 0 Å². The van der Waals surface area contributed by atoms with E-state index in [9.17, 15) is 0 Å². The molecule has 1 aromatic heterocycles. The van der Waals surface area contributed by atoms with Gasteiger partial charge in [0.15, 0.2) is 0 Å². The highest BCUT2D eigenvalue weighted by Crippen LogP contribution is 2.26. The van der Waals surface area contributed by atoms with Gasteiger partial charge in [-0.15, -0.1) is 0 Å². The Morgan fingerprint density at radius 1 is 1.20 bits per heavy atom. The third-order valence-corrected chi connectivity index (χ3v) is 4.12. The van der Waals surface area contributed by atoms with Gasteiger partial charge < -0.3 is 10.2 Å². The fourth-order valence-electron chi connectivity index (χ4n) is 2.97. The number of aryl methyl sites for hydroxylation is 1. The molecule has 0 amide bonds. The molecule has 1 N–H and O–H groups in total. The second-order valence-corrected chi connectivity index (χ2v) is 5.75. The molecule has 112 valence electrons. The molecule has 0 bridgehead atoms. The maximum absolute atomic E-state index is 4.74. The van der Waals surface area contributed by atoms with Crippen molar-refractivity contribution in [2.75, 3.05) is 30.4 Å². The highest BCUT2D eigenvalue weighted by molar-refractivity contribution is 5.49. The summed E-state index contributed by atoms with van der Waals surface area (Å²) in [4.78, 5) is 11.7. The van der Waals surface area contributed by atoms with Crippen LogP contribution in [0, 0.1) is 5.92 Å². The highest BCUT2D eigenvalue weighted by Gasteiger charge is 2.20. The smallest absolute Gasteiger partial charge is 0.134 e. The van der Waals surface area contributed by atoms with Gasteiger partial charge in [-0.2, -0.15) is 0 Å². The Bertz CT molecular complexity index is 411. The van der Waals surface area contributed by atoms with Crippen molar-refractivity contribution in [3.63, 3.8) is 0 Å².